The van der Waals surface area contributed by atoms with Crippen molar-refractivity contribution in [1.82, 2.24) is 0 Å². The highest BCUT2D eigenvalue weighted by atomic mass is 35.6. The van der Waals surface area contributed by atoms with E-state index < -0.39 is 22.9 Å². The summed E-state index contributed by atoms with van der Waals surface area (Å²) in [6, 6.07) is 6.15. The zero-order valence-corrected chi connectivity index (χ0v) is 18.9. The van der Waals surface area contributed by atoms with Crippen molar-refractivity contribution in [1.29, 1.82) is 0 Å². The third kappa shape index (κ3) is 4.61. The van der Waals surface area contributed by atoms with E-state index in [1.54, 1.807) is 12.1 Å². The van der Waals surface area contributed by atoms with E-state index in [1.165, 1.54) is 12.1 Å². The SMILES string of the molecule is CCCC([O])c1ccc(C(Cl)(Cl)C(Cl)(Cl)C(Cl)(Cl)C(Cl)(Cl)Cl)cc1. The van der Waals surface area contributed by atoms with Crippen LogP contribution in [0.4, 0.5) is 0 Å². The lowest BCUT2D eigenvalue weighted by atomic mass is 10.00. The fraction of sp³-hybridized carbons (Fsp3) is 0.571. The van der Waals surface area contributed by atoms with Gasteiger partial charge in [-0.05, 0) is 17.5 Å². The summed E-state index contributed by atoms with van der Waals surface area (Å²) < 4.78 is -8.97. The predicted molar refractivity (Wildman–Crippen MR) is 107 cm³/mol. The fourth-order valence-corrected chi connectivity index (χ4v) is 4.12. The second kappa shape index (κ2) is 8.43. The van der Waals surface area contributed by atoms with Gasteiger partial charge < -0.3 is 0 Å². The molecule has 137 valence electrons. The van der Waals surface area contributed by atoms with Gasteiger partial charge in [0, 0.05) is 0 Å². The standard InChI is InChI=1S/C14H12Cl9O/c1-2-3-10(24)8-4-6-9(7-5-8)11(15,16)12(17,18)13(19,20)14(21,22)23/h4-7,10H,2-3H2,1H3. The van der Waals surface area contributed by atoms with Crippen molar-refractivity contribution in [2.24, 2.45) is 0 Å². The van der Waals surface area contributed by atoms with Crippen LogP contribution in [0.15, 0.2) is 24.3 Å². The maximum atomic E-state index is 12.0. The van der Waals surface area contributed by atoms with Crippen LogP contribution in [0.25, 0.3) is 0 Å². The van der Waals surface area contributed by atoms with Gasteiger partial charge in [-0.1, -0.05) is 142 Å². The van der Waals surface area contributed by atoms with Gasteiger partial charge in [0.15, 0.2) is 8.67 Å². The van der Waals surface area contributed by atoms with Crippen molar-refractivity contribution in [2.45, 2.75) is 42.7 Å². The summed E-state index contributed by atoms with van der Waals surface area (Å²) in [6.45, 7) is 1.93. The first-order valence-corrected chi connectivity index (χ1v) is 10.1. The molecular weight excluding hydrogens is 503 g/mol. The van der Waals surface area contributed by atoms with E-state index in [1.807, 2.05) is 6.92 Å². The third-order valence-corrected chi connectivity index (χ3v) is 8.82. The maximum Gasteiger partial charge on any atom is 0.226 e. The van der Waals surface area contributed by atoms with Crippen molar-refractivity contribution in [2.75, 3.05) is 0 Å². The van der Waals surface area contributed by atoms with Crippen molar-refractivity contribution >= 4 is 104 Å². The first kappa shape index (κ1) is 23.8. The van der Waals surface area contributed by atoms with Crippen LogP contribution in [0.5, 0.6) is 0 Å². The fourth-order valence-electron chi connectivity index (χ4n) is 1.89. The van der Waals surface area contributed by atoms with E-state index in [0.717, 1.165) is 6.42 Å². The number of benzene rings is 1. The van der Waals surface area contributed by atoms with Crippen molar-refractivity contribution in [3.63, 3.8) is 0 Å². The minimum atomic E-state index is -2.35. The Hall–Kier alpha value is 1.79. The summed E-state index contributed by atoms with van der Waals surface area (Å²) in [6.07, 6.45) is 0.407. The summed E-state index contributed by atoms with van der Waals surface area (Å²) >= 11 is 54.4. The van der Waals surface area contributed by atoms with E-state index in [9.17, 15) is 5.11 Å². The van der Waals surface area contributed by atoms with E-state index >= 15 is 0 Å². The Balaban J connectivity index is 3.24. The summed E-state index contributed by atoms with van der Waals surface area (Å²) in [5.74, 6) is 0. The molecule has 1 rings (SSSR count). The number of hydrogen-bond donors (Lipinski definition) is 0. The number of hydrogen-bond acceptors (Lipinski definition) is 0. The molecule has 0 saturated carbocycles. The molecule has 0 fully saturated rings. The van der Waals surface area contributed by atoms with E-state index in [2.05, 4.69) is 0 Å². The molecule has 0 aliphatic heterocycles. The average Bonchev–Trinajstić information content (AvgIpc) is 2.46. The van der Waals surface area contributed by atoms with Crippen LogP contribution in [0.1, 0.15) is 37.0 Å². The largest absolute Gasteiger partial charge is 0.228 e. The molecule has 0 saturated heterocycles. The topological polar surface area (TPSA) is 19.9 Å². The van der Waals surface area contributed by atoms with Crippen LogP contribution in [-0.4, -0.2) is 12.5 Å². The van der Waals surface area contributed by atoms with Gasteiger partial charge in [0.05, 0.1) is 0 Å². The average molecular weight is 515 g/mol. The normalized spacial score (nSPS) is 15.5. The molecule has 24 heavy (non-hydrogen) atoms. The van der Waals surface area contributed by atoms with E-state index in [-0.39, 0.29) is 5.56 Å². The minimum Gasteiger partial charge on any atom is -0.228 e. The molecule has 1 aromatic rings. The molecule has 10 heteroatoms. The molecule has 1 nitrogen and oxygen atoms in total. The smallest absolute Gasteiger partial charge is 0.226 e. The summed E-state index contributed by atoms with van der Waals surface area (Å²) in [5.41, 5.74) is 0.812. The van der Waals surface area contributed by atoms with Gasteiger partial charge in [-0.25, -0.2) is 5.11 Å². The Bertz CT molecular complexity index is 548. The highest BCUT2D eigenvalue weighted by Crippen LogP contribution is 2.65. The van der Waals surface area contributed by atoms with Crippen LogP contribution in [0.3, 0.4) is 0 Å². The Morgan fingerprint density at radius 1 is 0.833 bits per heavy atom. The molecule has 0 aliphatic carbocycles. The summed E-state index contributed by atoms with van der Waals surface area (Å²) in [7, 11) is 0. The van der Waals surface area contributed by atoms with Crippen molar-refractivity contribution < 1.29 is 5.11 Å². The molecule has 1 atom stereocenters. The Kier molecular flexibility index (Phi) is 8.37. The maximum absolute atomic E-state index is 12.0. The van der Waals surface area contributed by atoms with Gasteiger partial charge in [0.25, 0.3) is 0 Å². The van der Waals surface area contributed by atoms with E-state index in [4.69, 9.17) is 104 Å². The molecule has 1 radical (unpaired) electrons. The zero-order chi connectivity index (χ0) is 19.0. The highest BCUT2D eigenvalue weighted by molar-refractivity contribution is 6.80. The molecule has 0 bridgehead atoms. The monoisotopic (exact) mass is 511 g/mol. The van der Waals surface area contributed by atoms with Gasteiger partial charge in [0.1, 0.15) is 6.10 Å². The van der Waals surface area contributed by atoms with Gasteiger partial charge in [-0.3, -0.25) is 0 Å². The summed E-state index contributed by atoms with van der Waals surface area (Å²) in [5, 5.41) is 12.0. The Morgan fingerprint density at radius 3 is 1.67 bits per heavy atom. The molecule has 1 aromatic carbocycles. The lowest BCUT2D eigenvalue weighted by molar-refractivity contribution is 0.0805. The second-order valence-electron chi connectivity index (χ2n) is 5.12. The van der Waals surface area contributed by atoms with Crippen molar-refractivity contribution in [3.05, 3.63) is 35.4 Å². The van der Waals surface area contributed by atoms with Crippen LogP contribution in [-0.2, 0) is 9.44 Å². The molecular formula is C14H12Cl9O. The molecule has 0 aromatic heterocycles. The molecule has 0 amide bonds. The first-order chi connectivity index (χ1) is 10.7. The Labute approximate surface area is 186 Å². The lowest BCUT2D eigenvalue weighted by Crippen LogP contribution is -2.54. The first-order valence-electron chi connectivity index (χ1n) is 6.66. The number of halogens is 9. The van der Waals surface area contributed by atoms with Gasteiger partial charge in [-0.15, -0.1) is 0 Å². The number of alkyl halides is 9. The van der Waals surface area contributed by atoms with E-state index in [0.29, 0.717) is 12.0 Å². The Morgan fingerprint density at radius 2 is 1.29 bits per heavy atom. The molecule has 0 spiro atoms. The summed E-state index contributed by atoms with van der Waals surface area (Å²) in [4.78, 5) is 0. The van der Waals surface area contributed by atoms with Gasteiger partial charge in [0.2, 0.25) is 8.13 Å². The molecule has 1 unspecified atom stereocenters. The minimum absolute atomic E-state index is 0.239. The molecule has 0 heterocycles. The lowest BCUT2D eigenvalue weighted by Gasteiger charge is -2.44. The predicted octanol–water partition coefficient (Wildman–Crippen LogP) is 8.31. The van der Waals surface area contributed by atoms with Crippen LogP contribution in [0.2, 0.25) is 0 Å². The molecule has 0 aliphatic rings. The zero-order valence-electron chi connectivity index (χ0n) is 12.1. The van der Waals surface area contributed by atoms with Crippen LogP contribution in [0, 0.1) is 0 Å². The number of rotatable bonds is 6. The second-order valence-corrected chi connectivity index (χ2v) is 11.4. The quantitative estimate of drug-likeness (QED) is 0.340. The van der Waals surface area contributed by atoms with Crippen LogP contribution >= 0.6 is 104 Å². The third-order valence-electron chi connectivity index (χ3n) is 3.34. The van der Waals surface area contributed by atoms with Gasteiger partial charge >= 0.3 is 0 Å². The molecule has 0 N–H and O–H groups in total. The van der Waals surface area contributed by atoms with Crippen LogP contribution < -0.4 is 0 Å². The van der Waals surface area contributed by atoms with Gasteiger partial charge in [-0.2, -0.15) is 0 Å². The van der Waals surface area contributed by atoms with Crippen molar-refractivity contribution in [3.8, 4) is 0 Å². The highest BCUT2D eigenvalue weighted by Gasteiger charge is 2.68.